The molecule has 0 N–H and O–H groups in total. The van der Waals surface area contributed by atoms with Crippen molar-refractivity contribution >= 4 is 0 Å². The smallest absolute Gasteiger partial charge is 0.122 e. The third kappa shape index (κ3) is 1.98. The number of hydrogen-bond acceptors (Lipinski definition) is 2. The number of rotatable bonds is 2. The van der Waals surface area contributed by atoms with Crippen LogP contribution in [0.5, 0.6) is 11.5 Å². The van der Waals surface area contributed by atoms with E-state index in [-0.39, 0.29) is 5.41 Å². The highest BCUT2D eigenvalue weighted by atomic mass is 16.5. The van der Waals surface area contributed by atoms with Crippen LogP contribution in [0.3, 0.4) is 0 Å². The summed E-state index contributed by atoms with van der Waals surface area (Å²) < 4.78 is 11.8. The van der Waals surface area contributed by atoms with E-state index >= 15 is 0 Å². The minimum absolute atomic E-state index is 0.141. The monoisotopic (exact) mass is 370 g/mol. The number of hydrogen-bond donors (Lipinski definition) is 0. The molecule has 2 aromatic rings. The van der Waals surface area contributed by atoms with Crippen LogP contribution < -0.4 is 9.47 Å². The second-order valence-electron chi connectivity index (χ2n) is 8.73. The van der Waals surface area contributed by atoms with Gasteiger partial charge in [0.05, 0.1) is 14.2 Å². The number of aryl methyl sites for hydroxylation is 2. The first-order valence-electron chi connectivity index (χ1n) is 10.5. The quantitative estimate of drug-likeness (QED) is 0.720. The molecule has 2 heteroatoms. The van der Waals surface area contributed by atoms with E-state index in [9.17, 15) is 0 Å². The molecule has 6 rings (SSSR count). The second kappa shape index (κ2) is 5.76. The molecule has 0 fully saturated rings. The molecule has 0 aromatic heterocycles. The summed E-state index contributed by atoms with van der Waals surface area (Å²) in [5.41, 5.74) is 12.3. The van der Waals surface area contributed by atoms with Gasteiger partial charge < -0.3 is 9.47 Å². The van der Waals surface area contributed by atoms with Crippen LogP contribution in [0.1, 0.15) is 52.6 Å². The molecule has 0 bridgehead atoms. The van der Waals surface area contributed by atoms with Crippen LogP contribution >= 0.6 is 0 Å². The van der Waals surface area contributed by atoms with Crippen LogP contribution in [0.25, 0.3) is 0 Å². The van der Waals surface area contributed by atoms with E-state index in [4.69, 9.17) is 9.47 Å². The summed E-state index contributed by atoms with van der Waals surface area (Å²) in [6, 6.07) is 9.05. The molecule has 4 aliphatic rings. The van der Waals surface area contributed by atoms with Crippen LogP contribution in [0, 0.1) is 0 Å². The number of ether oxygens (including phenoxy) is 2. The maximum atomic E-state index is 5.90. The fourth-order valence-corrected chi connectivity index (χ4v) is 6.51. The van der Waals surface area contributed by atoms with Crippen LogP contribution in [0.2, 0.25) is 0 Å². The van der Waals surface area contributed by atoms with Gasteiger partial charge in [-0.05, 0) is 78.5 Å². The molecule has 1 atom stereocenters. The topological polar surface area (TPSA) is 18.5 Å². The molecule has 1 spiro atoms. The van der Waals surface area contributed by atoms with Gasteiger partial charge >= 0.3 is 0 Å². The van der Waals surface area contributed by atoms with Gasteiger partial charge in [0.1, 0.15) is 11.5 Å². The standard InChI is InChI=1S/C26H26O2/c1-27-22-8-6-16-10-12-26-13-11-17-7-9-23(28-2)21(25(17)26)15-19-5-3-4-18(19)14-20(22)24(16)26/h3-4,6-9H,5,10-15H2,1-2H3/t26-/m1/s1. The molecule has 2 nitrogen and oxygen atoms in total. The Balaban J connectivity index is 1.74. The first-order chi connectivity index (χ1) is 13.7. The molecule has 0 amide bonds. The van der Waals surface area contributed by atoms with Crippen LogP contribution in [0.4, 0.5) is 0 Å². The Morgan fingerprint density at radius 2 is 1.39 bits per heavy atom. The number of methoxy groups -OCH3 is 2. The first-order valence-corrected chi connectivity index (χ1v) is 10.5. The van der Waals surface area contributed by atoms with Gasteiger partial charge in [0.15, 0.2) is 0 Å². The maximum Gasteiger partial charge on any atom is 0.122 e. The highest BCUT2D eigenvalue weighted by molar-refractivity contribution is 5.66. The van der Waals surface area contributed by atoms with Crippen molar-refractivity contribution in [3.8, 4) is 11.5 Å². The van der Waals surface area contributed by atoms with Gasteiger partial charge in [0.25, 0.3) is 0 Å². The van der Waals surface area contributed by atoms with Gasteiger partial charge in [-0.25, -0.2) is 0 Å². The van der Waals surface area contributed by atoms with Crippen molar-refractivity contribution in [3.05, 3.63) is 80.9 Å². The average molecular weight is 370 g/mol. The highest BCUT2D eigenvalue weighted by Gasteiger charge is 2.48. The molecule has 2 aromatic carbocycles. The highest BCUT2D eigenvalue weighted by Crippen LogP contribution is 2.58. The lowest BCUT2D eigenvalue weighted by atomic mass is 9.72. The van der Waals surface area contributed by atoms with E-state index in [1.54, 1.807) is 16.7 Å². The molecule has 142 valence electrons. The number of allylic oxidation sites excluding steroid dienone is 4. The molecular formula is C26H26O2. The third-order valence-electron chi connectivity index (χ3n) is 7.65. The Bertz CT molecular complexity index is 1070. The van der Waals surface area contributed by atoms with Gasteiger partial charge in [0.2, 0.25) is 0 Å². The lowest BCUT2D eigenvalue weighted by Gasteiger charge is -2.31. The molecule has 0 aliphatic heterocycles. The van der Waals surface area contributed by atoms with Crippen molar-refractivity contribution in [2.45, 2.75) is 50.4 Å². The lowest BCUT2D eigenvalue weighted by molar-refractivity contribution is 0.404. The zero-order valence-corrected chi connectivity index (χ0v) is 16.7. The number of benzene rings is 2. The lowest BCUT2D eigenvalue weighted by Crippen LogP contribution is -2.24. The van der Waals surface area contributed by atoms with E-state index < -0.39 is 0 Å². The van der Waals surface area contributed by atoms with E-state index in [0.717, 1.165) is 30.8 Å². The predicted octanol–water partition coefficient (Wildman–Crippen LogP) is 5.24. The third-order valence-corrected chi connectivity index (χ3v) is 7.65. The summed E-state index contributed by atoms with van der Waals surface area (Å²) in [5.74, 6) is 2.13. The van der Waals surface area contributed by atoms with Crippen LogP contribution in [0.15, 0.2) is 47.6 Å². The van der Waals surface area contributed by atoms with E-state index in [0.29, 0.717) is 0 Å². The van der Waals surface area contributed by atoms with Gasteiger partial charge in [-0.3, -0.25) is 0 Å². The van der Waals surface area contributed by atoms with E-state index in [1.165, 1.54) is 53.5 Å². The maximum absolute atomic E-state index is 5.90. The minimum atomic E-state index is 0.141. The van der Waals surface area contributed by atoms with E-state index in [2.05, 4.69) is 36.4 Å². The summed E-state index contributed by atoms with van der Waals surface area (Å²) in [6.07, 6.45) is 12.5. The van der Waals surface area contributed by atoms with E-state index in [1.807, 2.05) is 14.2 Å². The van der Waals surface area contributed by atoms with Crippen molar-refractivity contribution in [2.75, 3.05) is 14.2 Å². The molecule has 4 aliphatic carbocycles. The zero-order valence-electron chi connectivity index (χ0n) is 16.7. The van der Waals surface area contributed by atoms with Gasteiger partial charge in [-0.2, -0.15) is 0 Å². The van der Waals surface area contributed by atoms with Crippen molar-refractivity contribution in [1.82, 2.24) is 0 Å². The van der Waals surface area contributed by atoms with Gasteiger partial charge in [-0.1, -0.05) is 29.9 Å². The van der Waals surface area contributed by atoms with Crippen molar-refractivity contribution < 1.29 is 9.47 Å². The van der Waals surface area contributed by atoms with Crippen molar-refractivity contribution in [2.24, 2.45) is 0 Å². The normalized spacial score (nSPS) is 23.6. The summed E-state index contributed by atoms with van der Waals surface area (Å²) >= 11 is 0. The summed E-state index contributed by atoms with van der Waals surface area (Å²) in [7, 11) is 3.65. The largest absolute Gasteiger partial charge is 0.496 e. The van der Waals surface area contributed by atoms with Gasteiger partial charge in [-0.15, -0.1) is 0 Å². The minimum Gasteiger partial charge on any atom is -0.496 e. The zero-order chi connectivity index (χ0) is 18.9. The van der Waals surface area contributed by atoms with Crippen LogP contribution in [-0.2, 0) is 31.1 Å². The molecule has 0 saturated carbocycles. The molecule has 0 saturated heterocycles. The van der Waals surface area contributed by atoms with Crippen molar-refractivity contribution in [3.63, 3.8) is 0 Å². The fourth-order valence-electron chi connectivity index (χ4n) is 6.51. The molecular weight excluding hydrogens is 344 g/mol. The Kier molecular flexibility index (Phi) is 3.39. The van der Waals surface area contributed by atoms with Gasteiger partial charge in [0, 0.05) is 23.0 Å². The molecule has 0 heterocycles. The Morgan fingerprint density at radius 3 is 2.00 bits per heavy atom. The molecule has 0 radical (unpaired) electrons. The summed E-state index contributed by atoms with van der Waals surface area (Å²) in [5, 5.41) is 0. The SMILES string of the molecule is COc1ccc2c3c1CC1=C(CC=C1)Cc1c(OC)ccc4c1[C@]3(CC2)CC4. The Labute approximate surface area is 166 Å². The average Bonchev–Trinajstić information content (AvgIpc) is 3.41. The van der Waals surface area contributed by atoms with Crippen molar-refractivity contribution in [1.29, 1.82) is 0 Å². The van der Waals surface area contributed by atoms with Crippen LogP contribution in [-0.4, -0.2) is 14.2 Å². The molecule has 28 heavy (non-hydrogen) atoms. The fraction of sp³-hybridized carbons (Fsp3) is 0.385. The summed E-state index contributed by atoms with van der Waals surface area (Å²) in [6.45, 7) is 0. The first kappa shape index (κ1) is 16.5. The Hall–Kier alpha value is -2.48. The Morgan fingerprint density at radius 1 is 0.786 bits per heavy atom. The summed E-state index contributed by atoms with van der Waals surface area (Å²) in [4.78, 5) is 0. The second-order valence-corrected chi connectivity index (χ2v) is 8.73. The molecule has 0 unspecified atom stereocenters. The predicted molar refractivity (Wildman–Crippen MR) is 112 cm³/mol.